The summed E-state index contributed by atoms with van der Waals surface area (Å²) >= 11 is 5.56. The summed E-state index contributed by atoms with van der Waals surface area (Å²) in [4.78, 5) is 14.2. The van der Waals surface area contributed by atoms with Crippen molar-refractivity contribution < 1.29 is 13.9 Å². The smallest absolute Gasteiger partial charge is 0.355 e. The summed E-state index contributed by atoms with van der Waals surface area (Å²) in [5.41, 5.74) is -0.0910. The Balaban J connectivity index is 2.81. The minimum absolute atomic E-state index is 0.0369. The fourth-order valence-electron chi connectivity index (χ4n) is 0.692. The van der Waals surface area contributed by atoms with E-state index in [9.17, 15) is 9.18 Å². The van der Waals surface area contributed by atoms with Crippen LogP contribution in [0.25, 0.3) is 0 Å². The Hall–Kier alpha value is -1.10. The summed E-state index contributed by atoms with van der Waals surface area (Å²) < 4.78 is 16.8. The van der Waals surface area contributed by atoms with Gasteiger partial charge in [-0.15, -0.1) is 0 Å². The molecule has 0 atom stereocenters. The number of nitrogens with zero attached hydrogens (tertiary/aromatic N) is 1. The lowest BCUT2D eigenvalue weighted by Gasteiger charge is -2.12. The van der Waals surface area contributed by atoms with Crippen LogP contribution in [0.2, 0.25) is 0 Å². The number of rotatable bonds is 1. The first kappa shape index (κ1) is 8.99. The molecular formula is C6H6ClFN2O2. The summed E-state index contributed by atoms with van der Waals surface area (Å²) in [5.74, 6) is -0.704. The Labute approximate surface area is 73.1 Å². The third-order valence-corrected chi connectivity index (χ3v) is 1.55. The van der Waals surface area contributed by atoms with Crippen molar-refractivity contribution in [3.63, 3.8) is 0 Å². The van der Waals surface area contributed by atoms with E-state index in [0.29, 0.717) is 0 Å². The Morgan fingerprint density at radius 3 is 3.08 bits per heavy atom. The van der Waals surface area contributed by atoms with Gasteiger partial charge in [0.2, 0.25) is 0 Å². The quantitative estimate of drug-likeness (QED) is 0.487. The molecule has 0 aromatic carbocycles. The number of halogens is 2. The minimum Gasteiger partial charge on any atom is -0.464 e. The van der Waals surface area contributed by atoms with Gasteiger partial charge in [0.1, 0.15) is 5.70 Å². The highest BCUT2D eigenvalue weighted by atomic mass is 35.5. The first-order chi connectivity index (χ1) is 5.65. The van der Waals surface area contributed by atoms with Crippen LogP contribution < -0.4 is 5.32 Å². The fourth-order valence-corrected chi connectivity index (χ4v) is 0.876. The highest BCUT2D eigenvalue weighted by Gasteiger charge is 2.20. The Kier molecular flexibility index (Phi) is 2.65. The predicted octanol–water partition coefficient (Wildman–Crippen LogP) is 0.538. The van der Waals surface area contributed by atoms with Crippen LogP contribution >= 0.6 is 11.6 Å². The van der Waals surface area contributed by atoms with Gasteiger partial charge in [0.05, 0.1) is 18.7 Å². The number of nitrogens with one attached hydrogen (secondary N) is 1. The number of aliphatic imine (C=N–C) groups is 1. The predicted molar refractivity (Wildman–Crippen MR) is 41.4 cm³/mol. The average molecular weight is 193 g/mol. The molecule has 0 saturated carbocycles. The van der Waals surface area contributed by atoms with Gasteiger partial charge in [-0.25, -0.2) is 9.79 Å². The largest absolute Gasteiger partial charge is 0.464 e. The molecule has 1 aliphatic heterocycles. The Morgan fingerprint density at radius 2 is 2.50 bits per heavy atom. The third-order valence-electron chi connectivity index (χ3n) is 1.25. The maximum atomic E-state index is 12.4. The van der Waals surface area contributed by atoms with Crippen LogP contribution in [0.3, 0.4) is 0 Å². The van der Waals surface area contributed by atoms with Crippen molar-refractivity contribution in [3.05, 3.63) is 10.7 Å². The first-order valence-electron chi connectivity index (χ1n) is 3.09. The molecule has 0 aromatic rings. The molecule has 1 aliphatic rings. The second kappa shape index (κ2) is 3.53. The zero-order valence-electron chi connectivity index (χ0n) is 6.23. The first-order valence-corrected chi connectivity index (χ1v) is 3.47. The molecule has 0 spiro atoms. The lowest BCUT2D eigenvalue weighted by Crippen LogP contribution is -2.29. The number of hydrogen-bond acceptors (Lipinski definition) is 4. The number of ether oxygens (including phenoxy) is 1. The maximum Gasteiger partial charge on any atom is 0.355 e. The molecular weight excluding hydrogens is 187 g/mol. The molecule has 0 radical (unpaired) electrons. The van der Waals surface area contributed by atoms with Gasteiger partial charge in [0.15, 0.2) is 0 Å². The topological polar surface area (TPSA) is 50.7 Å². The highest BCUT2D eigenvalue weighted by molar-refractivity contribution is 6.32. The van der Waals surface area contributed by atoms with Crippen molar-refractivity contribution in [1.82, 2.24) is 5.32 Å². The van der Waals surface area contributed by atoms with E-state index < -0.39 is 12.1 Å². The molecule has 1 heterocycles. The molecule has 0 fully saturated rings. The molecule has 12 heavy (non-hydrogen) atoms. The Morgan fingerprint density at radius 1 is 1.83 bits per heavy atom. The molecule has 0 bridgehead atoms. The lowest BCUT2D eigenvalue weighted by atomic mass is 10.3. The Bertz CT molecular complexity index is 275. The van der Waals surface area contributed by atoms with Crippen LogP contribution in [0, 0.1) is 0 Å². The second-order valence-corrected chi connectivity index (χ2v) is 2.46. The number of esters is 1. The second-order valence-electron chi connectivity index (χ2n) is 2.00. The number of hydrogen-bond donors (Lipinski definition) is 1. The summed E-state index contributed by atoms with van der Waals surface area (Å²) in [6.45, 7) is -0.0369. The van der Waals surface area contributed by atoms with Crippen LogP contribution in [0.4, 0.5) is 4.39 Å². The van der Waals surface area contributed by atoms with Gasteiger partial charge < -0.3 is 10.1 Å². The SMILES string of the molecule is COC(=O)C1=C(Cl)CN=C(F)N1. The summed E-state index contributed by atoms with van der Waals surface area (Å²) in [5, 5.41) is 2.22. The summed E-state index contributed by atoms with van der Waals surface area (Å²) in [6.07, 6.45) is -0.834. The van der Waals surface area contributed by atoms with Gasteiger partial charge in [0, 0.05) is 0 Å². The summed E-state index contributed by atoms with van der Waals surface area (Å²) in [6, 6.07) is 0. The van der Waals surface area contributed by atoms with E-state index in [-0.39, 0.29) is 17.3 Å². The van der Waals surface area contributed by atoms with Crippen LogP contribution in [-0.4, -0.2) is 25.7 Å². The molecule has 0 aromatic heterocycles. The van der Waals surface area contributed by atoms with Crippen molar-refractivity contribution in [3.8, 4) is 0 Å². The molecule has 66 valence electrons. The van der Waals surface area contributed by atoms with E-state index in [1.807, 2.05) is 0 Å². The lowest BCUT2D eigenvalue weighted by molar-refractivity contribution is -0.136. The van der Waals surface area contributed by atoms with E-state index in [4.69, 9.17) is 11.6 Å². The summed E-state index contributed by atoms with van der Waals surface area (Å²) in [7, 11) is 1.19. The molecule has 1 rings (SSSR count). The molecule has 0 aliphatic carbocycles. The molecule has 6 heteroatoms. The van der Waals surface area contributed by atoms with Crippen molar-refractivity contribution in [1.29, 1.82) is 0 Å². The van der Waals surface area contributed by atoms with E-state index in [1.165, 1.54) is 7.11 Å². The normalized spacial score (nSPS) is 16.8. The zero-order chi connectivity index (χ0) is 9.14. The van der Waals surface area contributed by atoms with Crippen LogP contribution in [0.5, 0.6) is 0 Å². The molecule has 1 N–H and O–H groups in total. The van der Waals surface area contributed by atoms with Gasteiger partial charge in [0.25, 0.3) is 6.09 Å². The van der Waals surface area contributed by atoms with Gasteiger partial charge in [-0.3, -0.25) is 0 Å². The third kappa shape index (κ3) is 1.73. The standard InChI is InChI=1S/C6H6ClFN2O2/c1-12-5(11)4-3(7)2-9-6(8)10-4/h2H2,1H3,(H,9,10). The average Bonchev–Trinajstić information content (AvgIpc) is 2.08. The minimum atomic E-state index is -0.834. The molecule has 0 saturated heterocycles. The van der Waals surface area contributed by atoms with E-state index in [1.54, 1.807) is 0 Å². The van der Waals surface area contributed by atoms with Crippen LogP contribution in [-0.2, 0) is 9.53 Å². The van der Waals surface area contributed by atoms with Crippen LogP contribution in [0.1, 0.15) is 0 Å². The van der Waals surface area contributed by atoms with Gasteiger partial charge in [-0.1, -0.05) is 11.6 Å². The maximum absolute atomic E-state index is 12.4. The van der Waals surface area contributed by atoms with Crippen molar-refractivity contribution >= 4 is 23.7 Å². The van der Waals surface area contributed by atoms with Gasteiger partial charge in [-0.2, -0.15) is 4.39 Å². The van der Waals surface area contributed by atoms with Gasteiger partial charge in [-0.05, 0) is 0 Å². The van der Waals surface area contributed by atoms with Crippen molar-refractivity contribution in [2.75, 3.05) is 13.7 Å². The molecule has 0 amide bonds. The number of carbonyl (C=O) groups excluding carboxylic acids is 1. The van der Waals surface area contributed by atoms with Gasteiger partial charge >= 0.3 is 5.97 Å². The number of amidine groups is 1. The van der Waals surface area contributed by atoms with E-state index >= 15 is 0 Å². The monoisotopic (exact) mass is 192 g/mol. The number of methoxy groups -OCH3 is 1. The van der Waals surface area contributed by atoms with Crippen molar-refractivity contribution in [2.24, 2.45) is 4.99 Å². The molecule has 4 nitrogen and oxygen atoms in total. The zero-order valence-corrected chi connectivity index (χ0v) is 6.98. The highest BCUT2D eigenvalue weighted by Crippen LogP contribution is 2.13. The van der Waals surface area contributed by atoms with E-state index in [2.05, 4.69) is 15.0 Å². The van der Waals surface area contributed by atoms with E-state index in [0.717, 1.165) is 0 Å². The number of carbonyl (C=O) groups is 1. The fraction of sp³-hybridized carbons (Fsp3) is 0.333. The molecule has 0 unspecified atom stereocenters. The van der Waals surface area contributed by atoms with Crippen molar-refractivity contribution in [2.45, 2.75) is 0 Å². The van der Waals surface area contributed by atoms with Crippen LogP contribution in [0.15, 0.2) is 15.7 Å².